The average Bonchev–Trinajstić information content (AvgIpc) is 3.23. The Bertz CT molecular complexity index is 837. The van der Waals surface area contributed by atoms with Crippen LogP contribution >= 0.6 is 0 Å². The van der Waals surface area contributed by atoms with Crippen LogP contribution in [0.25, 0.3) is 0 Å². The van der Waals surface area contributed by atoms with Crippen molar-refractivity contribution < 1.29 is 14.7 Å². The van der Waals surface area contributed by atoms with Crippen LogP contribution in [0.1, 0.15) is 329 Å². The van der Waals surface area contributed by atoms with Gasteiger partial charge >= 0.3 is 5.97 Å². The molecule has 0 aromatic heterocycles. The van der Waals surface area contributed by atoms with E-state index in [0.717, 1.165) is 44.4 Å². The summed E-state index contributed by atoms with van der Waals surface area (Å²) in [4.78, 5) is 25.6. The Labute approximate surface area is 372 Å². The molecule has 1 N–H and O–H groups in total. The average molecular weight is 831 g/mol. The minimum atomic E-state index is -0.664. The van der Waals surface area contributed by atoms with Crippen LogP contribution < -0.4 is 0 Å². The number of carbonyl (C=O) groups excluding carboxylic acids is 1. The van der Waals surface area contributed by atoms with Crippen molar-refractivity contribution >= 4 is 11.8 Å². The molecule has 0 aromatic rings. The lowest BCUT2D eigenvalue weighted by atomic mass is 9.77. The summed E-state index contributed by atoms with van der Waals surface area (Å²) in [5.74, 6) is 1.31. The zero-order valence-electron chi connectivity index (χ0n) is 41.2. The molecule has 0 radical (unpaired) electrons. The summed E-state index contributed by atoms with van der Waals surface area (Å²) < 4.78 is 0. The van der Waals surface area contributed by atoms with Crippen LogP contribution in [0.4, 0.5) is 0 Å². The number of Topliss-reactive ketones (excluding diaryl/α,β-unsaturated/α-hetero) is 1. The summed E-state index contributed by atoms with van der Waals surface area (Å²) in [5, 5.41) is 8.91. The first-order valence-corrected chi connectivity index (χ1v) is 27.7. The standard InChI is InChI=1S/C56H110O3/c1-5-9-13-17-20-22-23-24-25-26-27-32-37-43-49-54(51-52(45-39-34-19-15-11-7-3)46-40-35-30-21-18-14-10-6-2)56(59)53(47-41-16-12-8-4)48-42-36-31-28-29-33-38-44-50-55(57)58/h52-54H,5-51H2,1-4H3,(H,57,58). The number of unbranched alkanes of at least 4 members (excludes halogenated alkanes) is 35. The number of hydrogen-bond acceptors (Lipinski definition) is 2. The molecule has 0 amide bonds. The van der Waals surface area contributed by atoms with Crippen molar-refractivity contribution in [1.82, 2.24) is 0 Å². The molecule has 3 nitrogen and oxygen atoms in total. The topological polar surface area (TPSA) is 54.4 Å². The van der Waals surface area contributed by atoms with Crippen molar-refractivity contribution in [3.8, 4) is 0 Å². The Hall–Kier alpha value is -0.860. The van der Waals surface area contributed by atoms with E-state index in [1.807, 2.05) is 0 Å². The largest absolute Gasteiger partial charge is 0.481 e. The van der Waals surface area contributed by atoms with Crippen LogP contribution in [0.2, 0.25) is 0 Å². The summed E-state index contributed by atoms with van der Waals surface area (Å²) in [7, 11) is 0. The minimum absolute atomic E-state index is 0.275. The predicted octanol–water partition coefficient (Wildman–Crippen LogP) is 19.9. The molecule has 0 bridgehead atoms. The van der Waals surface area contributed by atoms with E-state index in [0.29, 0.717) is 12.2 Å². The molecule has 0 rings (SSSR count). The molecular weight excluding hydrogens is 721 g/mol. The highest BCUT2D eigenvalue weighted by Gasteiger charge is 2.28. The van der Waals surface area contributed by atoms with E-state index in [4.69, 9.17) is 5.11 Å². The van der Waals surface area contributed by atoms with Gasteiger partial charge < -0.3 is 5.11 Å². The van der Waals surface area contributed by atoms with Crippen LogP contribution in [0, 0.1) is 17.8 Å². The van der Waals surface area contributed by atoms with E-state index in [2.05, 4.69) is 27.7 Å². The molecule has 0 heterocycles. The molecule has 3 heteroatoms. The number of carboxylic acids is 1. The first kappa shape index (κ1) is 58.1. The van der Waals surface area contributed by atoms with Gasteiger partial charge in [-0.15, -0.1) is 0 Å². The van der Waals surface area contributed by atoms with Crippen molar-refractivity contribution in [1.29, 1.82) is 0 Å². The Balaban J connectivity index is 5.40. The van der Waals surface area contributed by atoms with E-state index < -0.39 is 5.97 Å². The van der Waals surface area contributed by atoms with Gasteiger partial charge in [-0.05, 0) is 38.0 Å². The Kier molecular flexibility index (Phi) is 47.5. The second-order valence-corrected chi connectivity index (χ2v) is 19.7. The first-order valence-electron chi connectivity index (χ1n) is 27.7. The van der Waals surface area contributed by atoms with Crippen LogP contribution in [0.15, 0.2) is 0 Å². The molecule has 352 valence electrons. The van der Waals surface area contributed by atoms with Gasteiger partial charge in [-0.3, -0.25) is 9.59 Å². The smallest absolute Gasteiger partial charge is 0.303 e. The maximum atomic E-state index is 14.8. The summed E-state index contributed by atoms with van der Waals surface area (Å²) in [5.41, 5.74) is 0. The van der Waals surface area contributed by atoms with Gasteiger partial charge in [0.25, 0.3) is 0 Å². The normalized spacial score (nSPS) is 13.2. The van der Waals surface area contributed by atoms with E-state index in [-0.39, 0.29) is 11.8 Å². The van der Waals surface area contributed by atoms with Crippen LogP contribution in [0.3, 0.4) is 0 Å². The van der Waals surface area contributed by atoms with Crippen molar-refractivity contribution in [2.24, 2.45) is 17.8 Å². The Morgan fingerprint density at radius 2 is 0.542 bits per heavy atom. The highest BCUT2D eigenvalue weighted by molar-refractivity contribution is 5.83. The van der Waals surface area contributed by atoms with Crippen molar-refractivity contribution in [2.45, 2.75) is 329 Å². The van der Waals surface area contributed by atoms with Gasteiger partial charge in [0.2, 0.25) is 0 Å². The number of rotatable bonds is 51. The lowest BCUT2D eigenvalue weighted by Crippen LogP contribution is -2.26. The van der Waals surface area contributed by atoms with Gasteiger partial charge in [0.15, 0.2) is 0 Å². The van der Waals surface area contributed by atoms with Crippen LogP contribution in [-0.4, -0.2) is 16.9 Å². The van der Waals surface area contributed by atoms with Crippen LogP contribution in [0.5, 0.6) is 0 Å². The van der Waals surface area contributed by atoms with E-state index in [1.54, 1.807) is 0 Å². The number of aliphatic carboxylic acids is 1. The van der Waals surface area contributed by atoms with Gasteiger partial charge in [0.1, 0.15) is 5.78 Å². The third-order valence-electron chi connectivity index (χ3n) is 13.9. The highest BCUT2D eigenvalue weighted by Crippen LogP contribution is 2.33. The monoisotopic (exact) mass is 831 g/mol. The minimum Gasteiger partial charge on any atom is -0.481 e. The number of ketones is 1. The lowest BCUT2D eigenvalue weighted by Gasteiger charge is -2.27. The Morgan fingerprint density at radius 3 is 0.847 bits per heavy atom. The zero-order valence-corrected chi connectivity index (χ0v) is 41.2. The molecule has 3 unspecified atom stereocenters. The summed E-state index contributed by atoms with van der Waals surface area (Å²) in [6.07, 6.45) is 60.7. The zero-order chi connectivity index (χ0) is 43.1. The van der Waals surface area contributed by atoms with Crippen LogP contribution in [-0.2, 0) is 9.59 Å². The second kappa shape index (κ2) is 48.2. The number of carbonyl (C=O) groups is 2. The maximum Gasteiger partial charge on any atom is 0.303 e. The molecule has 59 heavy (non-hydrogen) atoms. The van der Waals surface area contributed by atoms with Gasteiger partial charge in [0.05, 0.1) is 0 Å². The molecule has 0 spiro atoms. The highest BCUT2D eigenvalue weighted by atomic mass is 16.4. The molecule has 0 fully saturated rings. The SMILES string of the molecule is CCCCCCCCCCCCCCCCC(CC(CCCCCCCC)CCCCCCCCCC)C(=O)C(CCCCCC)CCCCCCCCCCC(=O)O. The first-order chi connectivity index (χ1) is 29.0. The molecule has 3 atom stereocenters. The van der Waals surface area contributed by atoms with Crippen molar-refractivity contribution in [2.75, 3.05) is 0 Å². The van der Waals surface area contributed by atoms with Gasteiger partial charge in [0, 0.05) is 18.3 Å². The van der Waals surface area contributed by atoms with Crippen molar-refractivity contribution in [3.63, 3.8) is 0 Å². The van der Waals surface area contributed by atoms with Gasteiger partial charge in [-0.2, -0.15) is 0 Å². The maximum absolute atomic E-state index is 14.8. The summed E-state index contributed by atoms with van der Waals surface area (Å²) >= 11 is 0. The fourth-order valence-corrected chi connectivity index (χ4v) is 9.83. The number of hydrogen-bond donors (Lipinski definition) is 1. The van der Waals surface area contributed by atoms with Gasteiger partial charge in [-0.25, -0.2) is 0 Å². The predicted molar refractivity (Wildman–Crippen MR) is 263 cm³/mol. The lowest BCUT2D eigenvalue weighted by molar-refractivity contribution is -0.137. The molecule has 0 aliphatic rings. The quantitative estimate of drug-likeness (QED) is 0.0621. The fourth-order valence-electron chi connectivity index (χ4n) is 9.83. The third-order valence-corrected chi connectivity index (χ3v) is 13.9. The van der Waals surface area contributed by atoms with E-state index >= 15 is 0 Å². The van der Waals surface area contributed by atoms with Crippen molar-refractivity contribution in [3.05, 3.63) is 0 Å². The molecule has 0 aromatic carbocycles. The third kappa shape index (κ3) is 42.2. The second-order valence-electron chi connectivity index (χ2n) is 19.7. The van der Waals surface area contributed by atoms with Gasteiger partial charge in [-0.1, -0.05) is 291 Å². The summed E-state index contributed by atoms with van der Waals surface area (Å²) in [6.45, 7) is 9.25. The molecule has 0 aliphatic carbocycles. The fraction of sp³-hybridized carbons (Fsp3) is 0.964. The molecular formula is C56H110O3. The van der Waals surface area contributed by atoms with E-state index in [1.165, 1.54) is 257 Å². The number of carboxylic acid groups (broad SMARTS) is 1. The molecule has 0 saturated carbocycles. The molecule has 0 aliphatic heterocycles. The Morgan fingerprint density at radius 1 is 0.305 bits per heavy atom. The summed E-state index contributed by atoms with van der Waals surface area (Å²) in [6, 6.07) is 0. The molecule has 0 saturated heterocycles. The van der Waals surface area contributed by atoms with E-state index in [9.17, 15) is 9.59 Å².